The van der Waals surface area contributed by atoms with Gasteiger partial charge < -0.3 is 10.5 Å². The first kappa shape index (κ1) is 15.1. The maximum Gasteiger partial charge on any atom is 0.240 e. The van der Waals surface area contributed by atoms with Crippen molar-refractivity contribution in [1.29, 1.82) is 0 Å². The highest BCUT2D eigenvalue weighted by molar-refractivity contribution is 5.85. The third-order valence-corrected chi connectivity index (χ3v) is 2.03. The molecule has 16 heavy (non-hydrogen) atoms. The molecule has 0 heterocycles. The monoisotopic (exact) mass is 255 g/mol. The van der Waals surface area contributed by atoms with E-state index >= 15 is 0 Å². The summed E-state index contributed by atoms with van der Waals surface area (Å²) in [7, 11) is 1.41. The van der Waals surface area contributed by atoms with Crippen LogP contribution < -0.4 is 10.5 Å². The second kappa shape index (κ2) is 6.60. The summed E-state index contributed by atoms with van der Waals surface area (Å²) in [5, 5.41) is 0. The van der Waals surface area contributed by atoms with E-state index in [1.54, 1.807) is 0 Å². The van der Waals surface area contributed by atoms with E-state index in [0.717, 1.165) is 6.07 Å². The van der Waals surface area contributed by atoms with Gasteiger partial charge in [0.05, 0.1) is 7.11 Å². The van der Waals surface area contributed by atoms with Gasteiger partial charge in [0, 0.05) is 18.0 Å². The van der Waals surface area contributed by atoms with Gasteiger partial charge in [0.2, 0.25) is 6.43 Å². The highest BCUT2D eigenvalue weighted by atomic mass is 35.5. The quantitative estimate of drug-likeness (QED) is 0.898. The summed E-state index contributed by atoms with van der Waals surface area (Å²) < 4.78 is 42.2. The van der Waals surface area contributed by atoms with Crippen LogP contribution in [0, 0.1) is 5.82 Å². The number of hydrogen-bond acceptors (Lipinski definition) is 2. The summed E-state index contributed by atoms with van der Waals surface area (Å²) in [6.07, 6.45) is -3.12. The number of hydrogen-bond donors (Lipinski definition) is 1. The molecule has 0 radical (unpaired) electrons. The number of halogens is 4. The van der Waals surface area contributed by atoms with Gasteiger partial charge in [-0.15, -0.1) is 12.4 Å². The zero-order valence-electron chi connectivity index (χ0n) is 8.62. The van der Waals surface area contributed by atoms with Gasteiger partial charge in [0.25, 0.3) is 0 Å². The van der Waals surface area contributed by atoms with E-state index in [9.17, 15) is 13.2 Å². The lowest BCUT2D eigenvalue weighted by atomic mass is 10.0. The van der Waals surface area contributed by atoms with Gasteiger partial charge in [-0.3, -0.25) is 0 Å². The molecular weight excluding hydrogens is 243 g/mol. The van der Waals surface area contributed by atoms with Gasteiger partial charge in [-0.1, -0.05) is 0 Å². The average molecular weight is 256 g/mol. The van der Waals surface area contributed by atoms with Crippen molar-refractivity contribution < 1.29 is 17.9 Å². The number of ether oxygens (including phenoxy) is 1. The average Bonchev–Trinajstić information content (AvgIpc) is 2.17. The van der Waals surface area contributed by atoms with Gasteiger partial charge >= 0.3 is 0 Å². The molecule has 0 saturated heterocycles. The Hall–Kier alpha value is -0.940. The van der Waals surface area contributed by atoms with E-state index in [1.165, 1.54) is 19.2 Å². The lowest BCUT2D eigenvalue weighted by molar-refractivity contribution is 0.128. The largest absolute Gasteiger partial charge is 0.497 e. The Labute approximate surface area is 98.0 Å². The Balaban J connectivity index is 0.00000225. The second-order valence-electron chi connectivity index (χ2n) is 3.12. The molecule has 2 nitrogen and oxygen atoms in total. The molecule has 0 aliphatic heterocycles. The molecule has 1 rings (SSSR count). The maximum atomic E-state index is 13.2. The van der Waals surface area contributed by atoms with Crippen LogP contribution in [0.5, 0.6) is 5.75 Å². The van der Waals surface area contributed by atoms with Gasteiger partial charge in [0.1, 0.15) is 11.6 Å². The molecule has 0 aliphatic rings. The summed E-state index contributed by atoms with van der Waals surface area (Å²) in [5.41, 5.74) is 5.50. The van der Waals surface area contributed by atoms with Crippen LogP contribution in [0.3, 0.4) is 0 Å². The Morgan fingerprint density at radius 3 is 2.50 bits per heavy atom. The van der Waals surface area contributed by atoms with Gasteiger partial charge in [-0.05, 0) is 18.2 Å². The first-order valence-electron chi connectivity index (χ1n) is 4.41. The zero-order valence-corrected chi connectivity index (χ0v) is 9.44. The first-order valence-corrected chi connectivity index (χ1v) is 4.41. The first-order chi connectivity index (χ1) is 7.04. The molecule has 0 spiro atoms. The number of alkyl halides is 2. The number of nitrogens with two attached hydrogens (primary N) is 1. The number of benzene rings is 1. The van der Waals surface area contributed by atoms with Crippen molar-refractivity contribution in [3.8, 4) is 5.75 Å². The van der Waals surface area contributed by atoms with Crippen LogP contribution in [0.25, 0.3) is 0 Å². The van der Waals surface area contributed by atoms with Crippen molar-refractivity contribution in [2.45, 2.75) is 18.9 Å². The van der Waals surface area contributed by atoms with Crippen LogP contribution in [0.4, 0.5) is 13.2 Å². The molecule has 0 aliphatic carbocycles. The third-order valence-electron chi connectivity index (χ3n) is 2.03. The van der Waals surface area contributed by atoms with E-state index in [-0.39, 0.29) is 18.0 Å². The van der Waals surface area contributed by atoms with E-state index in [1.807, 2.05) is 0 Å². The van der Waals surface area contributed by atoms with Crippen molar-refractivity contribution in [3.63, 3.8) is 0 Å². The number of rotatable bonds is 4. The fourth-order valence-electron chi connectivity index (χ4n) is 1.25. The molecular formula is C10H13ClF3NO. The molecule has 0 amide bonds. The lowest BCUT2D eigenvalue weighted by Gasteiger charge is -2.13. The summed E-state index contributed by atoms with van der Waals surface area (Å²) >= 11 is 0. The van der Waals surface area contributed by atoms with Crippen molar-refractivity contribution in [3.05, 3.63) is 29.6 Å². The Morgan fingerprint density at radius 2 is 2.00 bits per heavy atom. The van der Waals surface area contributed by atoms with E-state index in [2.05, 4.69) is 0 Å². The normalized spacial score (nSPS) is 12.1. The topological polar surface area (TPSA) is 35.2 Å². The second-order valence-corrected chi connectivity index (χ2v) is 3.12. The highest BCUT2D eigenvalue weighted by Crippen LogP contribution is 2.24. The zero-order chi connectivity index (χ0) is 11.4. The molecule has 1 aromatic rings. The predicted molar refractivity (Wildman–Crippen MR) is 57.7 cm³/mol. The molecule has 0 aromatic heterocycles. The Bertz CT molecular complexity index is 336. The fraction of sp³-hybridized carbons (Fsp3) is 0.400. The van der Waals surface area contributed by atoms with E-state index in [0.29, 0.717) is 5.75 Å². The molecule has 6 heteroatoms. The molecule has 2 N–H and O–H groups in total. The Kier molecular flexibility index (Phi) is 6.21. The van der Waals surface area contributed by atoms with Crippen molar-refractivity contribution in [2.75, 3.05) is 7.11 Å². The molecule has 0 unspecified atom stereocenters. The van der Waals surface area contributed by atoms with Crippen LogP contribution in [-0.4, -0.2) is 13.5 Å². The maximum absolute atomic E-state index is 13.2. The van der Waals surface area contributed by atoms with Crippen molar-refractivity contribution in [2.24, 2.45) is 5.73 Å². The van der Waals surface area contributed by atoms with Gasteiger partial charge in [0.15, 0.2) is 0 Å². The fourth-order valence-corrected chi connectivity index (χ4v) is 1.25. The molecule has 0 saturated carbocycles. The van der Waals surface area contributed by atoms with Crippen LogP contribution in [0.1, 0.15) is 18.0 Å². The van der Waals surface area contributed by atoms with Crippen molar-refractivity contribution >= 4 is 12.4 Å². The predicted octanol–water partition coefficient (Wildman–Crippen LogP) is 2.91. The highest BCUT2D eigenvalue weighted by Gasteiger charge is 2.17. The SMILES string of the molecule is COc1ccc(F)c([C@@H](N)CC(F)F)c1.Cl. The van der Waals surface area contributed by atoms with E-state index < -0.39 is 24.7 Å². The summed E-state index contributed by atoms with van der Waals surface area (Å²) in [5.74, 6) is -0.194. The minimum atomic E-state index is -2.55. The summed E-state index contributed by atoms with van der Waals surface area (Å²) in [6, 6.07) is 2.88. The Morgan fingerprint density at radius 1 is 1.38 bits per heavy atom. The minimum Gasteiger partial charge on any atom is -0.497 e. The minimum absolute atomic E-state index is 0. The van der Waals surface area contributed by atoms with Crippen LogP contribution in [0.2, 0.25) is 0 Å². The third kappa shape index (κ3) is 3.90. The van der Waals surface area contributed by atoms with Crippen molar-refractivity contribution in [1.82, 2.24) is 0 Å². The number of methoxy groups -OCH3 is 1. The smallest absolute Gasteiger partial charge is 0.240 e. The lowest BCUT2D eigenvalue weighted by Crippen LogP contribution is -2.15. The summed E-state index contributed by atoms with van der Waals surface area (Å²) in [6.45, 7) is 0. The molecule has 1 aromatic carbocycles. The van der Waals surface area contributed by atoms with Crippen LogP contribution in [0.15, 0.2) is 18.2 Å². The summed E-state index contributed by atoms with van der Waals surface area (Å²) in [4.78, 5) is 0. The van der Waals surface area contributed by atoms with E-state index in [4.69, 9.17) is 10.5 Å². The molecule has 0 bridgehead atoms. The standard InChI is InChI=1S/C10H12F3NO.ClH/c1-15-6-2-3-8(11)7(4-6)9(14)5-10(12)13;/h2-4,9-10H,5,14H2,1H3;1H/t9-;/m0./s1. The molecule has 1 atom stereocenters. The van der Waals surface area contributed by atoms with Crippen LogP contribution in [-0.2, 0) is 0 Å². The van der Waals surface area contributed by atoms with Crippen LogP contribution >= 0.6 is 12.4 Å². The van der Waals surface area contributed by atoms with Gasteiger partial charge in [-0.25, -0.2) is 13.2 Å². The molecule has 0 fully saturated rings. The van der Waals surface area contributed by atoms with Gasteiger partial charge in [-0.2, -0.15) is 0 Å². The molecule has 92 valence electrons.